The maximum atomic E-state index is 13.3. The van der Waals surface area contributed by atoms with Crippen molar-refractivity contribution in [3.63, 3.8) is 0 Å². The molecule has 0 spiro atoms. The highest BCUT2D eigenvalue weighted by Gasteiger charge is 2.38. The van der Waals surface area contributed by atoms with E-state index in [-0.39, 0.29) is 11.9 Å². The Bertz CT molecular complexity index is 971. The third-order valence-corrected chi connectivity index (χ3v) is 7.56. The van der Waals surface area contributed by atoms with Gasteiger partial charge in [-0.2, -0.15) is 0 Å². The van der Waals surface area contributed by atoms with Crippen LogP contribution in [0.25, 0.3) is 0 Å². The second-order valence-corrected chi connectivity index (χ2v) is 9.18. The number of benzene rings is 2. The molecule has 2 aliphatic heterocycles. The minimum absolute atomic E-state index is 0.00568. The molecule has 0 saturated carbocycles. The van der Waals surface area contributed by atoms with Crippen LogP contribution < -0.4 is 4.90 Å². The number of para-hydroxylation sites is 1. The Labute approximate surface area is 181 Å². The second-order valence-electron chi connectivity index (χ2n) is 7.17. The zero-order valence-corrected chi connectivity index (χ0v) is 18.6. The van der Waals surface area contributed by atoms with Crippen molar-refractivity contribution in [3.8, 4) is 0 Å². The molecule has 150 valence electrons. The SMILES string of the molecule is CCCCN1C(=O)/C(=C2/Sc3ccccc3N2C)SC1=N[C@@H](C)c1ccccc1. The zero-order chi connectivity index (χ0) is 20.4. The molecule has 1 amide bonds. The number of amidine groups is 1. The molecule has 1 saturated heterocycles. The van der Waals surface area contributed by atoms with Gasteiger partial charge in [0.25, 0.3) is 5.91 Å². The summed E-state index contributed by atoms with van der Waals surface area (Å²) in [7, 11) is 2.03. The molecule has 29 heavy (non-hydrogen) atoms. The Kier molecular flexibility index (Phi) is 6.01. The van der Waals surface area contributed by atoms with Crippen LogP contribution in [0.3, 0.4) is 0 Å². The first-order valence-electron chi connectivity index (χ1n) is 9.97. The first kappa shape index (κ1) is 20.1. The van der Waals surface area contributed by atoms with Crippen LogP contribution in [-0.4, -0.2) is 29.6 Å². The Balaban J connectivity index is 1.68. The fourth-order valence-corrected chi connectivity index (χ4v) is 5.85. The summed E-state index contributed by atoms with van der Waals surface area (Å²) < 4.78 is 0. The van der Waals surface area contributed by atoms with Gasteiger partial charge in [0.15, 0.2) is 5.17 Å². The molecule has 0 bridgehead atoms. The highest BCUT2D eigenvalue weighted by Crippen LogP contribution is 2.50. The minimum atomic E-state index is 0.00568. The molecule has 2 aliphatic rings. The Morgan fingerprint density at radius 3 is 2.48 bits per heavy atom. The molecule has 4 nitrogen and oxygen atoms in total. The van der Waals surface area contributed by atoms with Crippen LogP contribution >= 0.6 is 23.5 Å². The molecule has 0 radical (unpaired) electrons. The third kappa shape index (κ3) is 3.96. The van der Waals surface area contributed by atoms with Crippen LogP contribution in [0.1, 0.15) is 38.3 Å². The van der Waals surface area contributed by atoms with E-state index in [2.05, 4.69) is 43.0 Å². The van der Waals surface area contributed by atoms with Crippen molar-refractivity contribution in [2.75, 3.05) is 18.5 Å². The van der Waals surface area contributed by atoms with E-state index in [1.54, 1.807) is 11.8 Å². The summed E-state index contributed by atoms with van der Waals surface area (Å²) in [5.74, 6) is 0.0737. The monoisotopic (exact) mass is 423 g/mol. The fraction of sp³-hybridized carbons (Fsp3) is 0.304. The van der Waals surface area contributed by atoms with Gasteiger partial charge in [-0.25, -0.2) is 0 Å². The summed E-state index contributed by atoms with van der Waals surface area (Å²) >= 11 is 3.19. The lowest BCUT2D eigenvalue weighted by atomic mass is 10.1. The molecule has 4 rings (SSSR count). The highest BCUT2D eigenvalue weighted by molar-refractivity contribution is 8.19. The van der Waals surface area contributed by atoms with Crippen LogP contribution in [0.5, 0.6) is 0 Å². The number of anilines is 1. The van der Waals surface area contributed by atoms with Crippen molar-refractivity contribution in [3.05, 3.63) is 70.1 Å². The van der Waals surface area contributed by atoms with Gasteiger partial charge < -0.3 is 4.90 Å². The smallest absolute Gasteiger partial charge is 0.269 e. The van der Waals surface area contributed by atoms with E-state index in [0.29, 0.717) is 6.54 Å². The van der Waals surface area contributed by atoms with Crippen LogP contribution in [0.4, 0.5) is 5.69 Å². The lowest BCUT2D eigenvalue weighted by Crippen LogP contribution is -2.31. The van der Waals surface area contributed by atoms with E-state index in [4.69, 9.17) is 4.99 Å². The number of aliphatic imine (C=N–C) groups is 1. The molecule has 2 heterocycles. The van der Waals surface area contributed by atoms with Crippen LogP contribution in [0, 0.1) is 0 Å². The van der Waals surface area contributed by atoms with Crippen LogP contribution in [0.15, 0.2) is 74.4 Å². The van der Waals surface area contributed by atoms with Gasteiger partial charge in [-0.05, 0) is 42.8 Å². The van der Waals surface area contributed by atoms with Gasteiger partial charge in [0.2, 0.25) is 0 Å². The number of hydrogen-bond donors (Lipinski definition) is 0. The summed E-state index contributed by atoms with van der Waals surface area (Å²) in [6, 6.07) is 18.5. The molecular formula is C23H25N3OS2. The molecule has 2 aromatic rings. The van der Waals surface area contributed by atoms with E-state index in [1.807, 2.05) is 42.3 Å². The average Bonchev–Trinajstić information content (AvgIpc) is 3.24. The summed E-state index contributed by atoms with van der Waals surface area (Å²) in [6.45, 7) is 4.94. The predicted molar refractivity (Wildman–Crippen MR) is 124 cm³/mol. The van der Waals surface area contributed by atoms with E-state index < -0.39 is 0 Å². The number of carbonyl (C=O) groups is 1. The Hall–Kier alpha value is -2.18. The van der Waals surface area contributed by atoms with Gasteiger partial charge in [-0.3, -0.25) is 14.7 Å². The number of fused-ring (bicyclic) bond motifs is 1. The molecule has 1 atom stereocenters. The molecule has 0 aliphatic carbocycles. The quantitative estimate of drug-likeness (QED) is 0.562. The minimum Gasteiger partial charge on any atom is -0.337 e. The summed E-state index contributed by atoms with van der Waals surface area (Å²) in [6.07, 6.45) is 2.01. The highest BCUT2D eigenvalue weighted by atomic mass is 32.2. The maximum absolute atomic E-state index is 13.3. The number of nitrogens with zero attached hydrogens (tertiary/aromatic N) is 3. The van der Waals surface area contributed by atoms with Gasteiger partial charge in [0.05, 0.1) is 16.8 Å². The van der Waals surface area contributed by atoms with Gasteiger partial charge in [-0.15, -0.1) is 0 Å². The molecule has 6 heteroatoms. The Morgan fingerprint density at radius 2 is 1.76 bits per heavy atom. The maximum Gasteiger partial charge on any atom is 0.269 e. The van der Waals surface area contributed by atoms with Crippen molar-refractivity contribution in [2.24, 2.45) is 4.99 Å². The Morgan fingerprint density at radius 1 is 1.03 bits per heavy atom. The van der Waals surface area contributed by atoms with Crippen molar-refractivity contribution in [1.29, 1.82) is 0 Å². The molecule has 0 N–H and O–H groups in total. The first-order chi connectivity index (χ1) is 14.1. The normalized spacial score (nSPS) is 21.2. The van der Waals surface area contributed by atoms with Crippen LogP contribution in [0.2, 0.25) is 0 Å². The molecule has 0 aromatic heterocycles. The van der Waals surface area contributed by atoms with Gasteiger partial charge >= 0.3 is 0 Å². The van der Waals surface area contributed by atoms with Crippen LogP contribution in [-0.2, 0) is 4.79 Å². The zero-order valence-electron chi connectivity index (χ0n) is 17.0. The number of amides is 1. The van der Waals surface area contributed by atoms with Crippen molar-refractivity contribution in [1.82, 2.24) is 4.90 Å². The fourth-order valence-electron chi connectivity index (χ4n) is 3.42. The number of unbranched alkanes of at least 4 members (excludes halogenated alkanes) is 1. The summed E-state index contributed by atoms with van der Waals surface area (Å²) in [4.78, 5) is 24.3. The standard InChI is InChI=1S/C23H25N3OS2/c1-4-5-15-26-21(27)20(22-25(3)18-13-9-10-14-19(18)28-22)29-23(26)24-16(2)17-11-7-6-8-12-17/h6-14,16H,4-5,15H2,1-3H3/b22-20-,24-23?/t16-/m0/s1. The second kappa shape index (κ2) is 8.67. The third-order valence-electron chi connectivity index (χ3n) is 5.12. The molecule has 2 aromatic carbocycles. The molecular weight excluding hydrogens is 398 g/mol. The van der Waals surface area contributed by atoms with E-state index in [1.165, 1.54) is 16.7 Å². The largest absolute Gasteiger partial charge is 0.337 e. The lowest BCUT2D eigenvalue weighted by Gasteiger charge is -2.17. The number of carbonyl (C=O) groups excluding carboxylic acids is 1. The topological polar surface area (TPSA) is 35.9 Å². The van der Waals surface area contributed by atoms with Gasteiger partial charge in [-0.1, -0.05) is 67.6 Å². The van der Waals surface area contributed by atoms with E-state index in [0.717, 1.165) is 39.2 Å². The average molecular weight is 424 g/mol. The van der Waals surface area contributed by atoms with E-state index in [9.17, 15) is 4.79 Å². The van der Waals surface area contributed by atoms with Crippen molar-refractivity contribution in [2.45, 2.75) is 37.6 Å². The van der Waals surface area contributed by atoms with Gasteiger partial charge in [0.1, 0.15) is 4.91 Å². The number of rotatable bonds is 5. The molecule has 0 unspecified atom stereocenters. The van der Waals surface area contributed by atoms with Crippen molar-refractivity contribution < 1.29 is 4.79 Å². The van der Waals surface area contributed by atoms with Crippen molar-refractivity contribution >= 4 is 40.3 Å². The first-order valence-corrected chi connectivity index (χ1v) is 11.6. The summed E-state index contributed by atoms with van der Waals surface area (Å²) in [5.41, 5.74) is 2.31. The molecule has 1 fully saturated rings. The predicted octanol–water partition coefficient (Wildman–Crippen LogP) is 5.89. The summed E-state index contributed by atoms with van der Waals surface area (Å²) in [5, 5.41) is 1.81. The van der Waals surface area contributed by atoms with E-state index >= 15 is 0 Å². The number of hydrogen-bond acceptors (Lipinski definition) is 5. The number of thioether (sulfide) groups is 2. The lowest BCUT2D eigenvalue weighted by molar-refractivity contribution is -0.122. The van der Waals surface area contributed by atoms with Gasteiger partial charge in [0, 0.05) is 18.5 Å².